The first kappa shape index (κ1) is 14.2. The number of hydrogen-bond donors (Lipinski definition) is 0. The molecule has 0 unspecified atom stereocenters. The average Bonchev–Trinajstić information content (AvgIpc) is 2.29. The maximum Gasteiger partial charge on any atom is 0.255 e. The number of halogens is 1. The minimum Gasteiger partial charge on any atom is -0.383 e. The Morgan fingerprint density at radius 1 is 1.41 bits per heavy atom. The van der Waals surface area contributed by atoms with Gasteiger partial charge in [0.05, 0.1) is 12.2 Å². The molecule has 0 saturated heterocycles. The first-order valence-corrected chi connectivity index (χ1v) is 6.41. The van der Waals surface area contributed by atoms with E-state index in [0.717, 1.165) is 4.47 Å². The molecule has 0 bridgehead atoms. The third kappa shape index (κ3) is 3.82. The minimum atomic E-state index is 0.0320. The van der Waals surface area contributed by atoms with Crippen molar-refractivity contribution in [2.24, 2.45) is 0 Å². The van der Waals surface area contributed by atoms with Crippen LogP contribution in [0.2, 0.25) is 0 Å². The minimum absolute atomic E-state index is 0.0320. The molecule has 1 aromatic carbocycles. The quantitative estimate of drug-likeness (QED) is 0.836. The van der Waals surface area contributed by atoms with Gasteiger partial charge in [0.15, 0.2) is 0 Å². The van der Waals surface area contributed by atoms with Gasteiger partial charge in [-0.25, -0.2) is 0 Å². The molecular weight excluding hydrogens is 282 g/mol. The van der Waals surface area contributed by atoms with E-state index in [-0.39, 0.29) is 11.9 Å². The van der Waals surface area contributed by atoms with E-state index >= 15 is 0 Å². The Morgan fingerprint density at radius 3 is 2.59 bits per heavy atom. The highest BCUT2D eigenvalue weighted by Gasteiger charge is 2.19. The highest BCUT2D eigenvalue weighted by Crippen LogP contribution is 2.18. The molecule has 0 N–H and O–H groups in total. The van der Waals surface area contributed by atoms with E-state index < -0.39 is 0 Å². The predicted molar refractivity (Wildman–Crippen MR) is 72.2 cm³/mol. The highest BCUT2D eigenvalue weighted by molar-refractivity contribution is 9.10. The van der Waals surface area contributed by atoms with Gasteiger partial charge in [0.2, 0.25) is 0 Å². The smallest absolute Gasteiger partial charge is 0.255 e. The fourth-order valence-electron chi connectivity index (χ4n) is 1.57. The molecule has 1 amide bonds. The van der Waals surface area contributed by atoms with Gasteiger partial charge < -0.3 is 9.64 Å². The van der Waals surface area contributed by atoms with E-state index in [1.807, 2.05) is 43.0 Å². The topological polar surface area (TPSA) is 29.5 Å². The van der Waals surface area contributed by atoms with E-state index in [4.69, 9.17) is 4.74 Å². The molecule has 0 aliphatic rings. The van der Waals surface area contributed by atoms with Crippen LogP contribution in [0, 0.1) is 0 Å². The van der Waals surface area contributed by atoms with Crippen LogP contribution < -0.4 is 0 Å². The summed E-state index contributed by atoms with van der Waals surface area (Å²) in [7, 11) is 1.64. The van der Waals surface area contributed by atoms with Crippen molar-refractivity contribution in [1.82, 2.24) is 4.90 Å². The molecule has 3 nitrogen and oxygen atoms in total. The first-order chi connectivity index (χ1) is 8.07. The molecule has 0 fully saturated rings. The van der Waals surface area contributed by atoms with Crippen LogP contribution in [-0.2, 0) is 4.74 Å². The molecule has 1 aromatic rings. The average molecular weight is 300 g/mol. The SMILES string of the molecule is COCCN(C(=O)c1ccccc1Br)C(C)C. The van der Waals surface area contributed by atoms with Gasteiger partial charge in [-0.1, -0.05) is 12.1 Å². The molecule has 0 spiro atoms. The van der Waals surface area contributed by atoms with E-state index in [2.05, 4.69) is 15.9 Å². The number of carbonyl (C=O) groups excluding carboxylic acids is 1. The lowest BCUT2D eigenvalue weighted by molar-refractivity contribution is 0.0634. The molecule has 0 radical (unpaired) electrons. The van der Waals surface area contributed by atoms with Crippen molar-refractivity contribution in [3.63, 3.8) is 0 Å². The lowest BCUT2D eigenvalue weighted by Crippen LogP contribution is -2.39. The van der Waals surface area contributed by atoms with Crippen LogP contribution in [0.3, 0.4) is 0 Å². The summed E-state index contributed by atoms with van der Waals surface area (Å²) in [5.41, 5.74) is 0.692. The number of nitrogens with zero attached hydrogens (tertiary/aromatic N) is 1. The van der Waals surface area contributed by atoms with Crippen LogP contribution >= 0.6 is 15.9 Å². The molecule has 0 heterocycles. The molecular formula is C13H18BrNO2. The van der Waals surface area contributed by atoms with Gasteiger partial charge in [-0.3, -0.25) is 4.79 Å². The van der Waals surface area contributed by atoms with Gasteiger partial charge in [-0.05, 0) is 41.9 Å². The Hall–Kier alpha value is -0.870. The van der Waals surface area contributed by atoms with Crippen molar-refractivity contribution in [2.75, 3.05) is 20.3 Å². The number of carbonyl (C=O) groups is 1. The number of methoxy groups -OCH3 is 1. The fourth-order valence-corrected chi connectivity index (χ4v) is 2.03. The number of rotatable bonds is 5. The zero-order valence-corrected chi connectivity index (χ0v) is 12.0. The molecule has 1 rings (SSSR count). The predicted octanol–water partition coefficient (Wildman–Crippen LogP) is 2.95. The lowest BCUT2D eigenvalue weighted by atomic mass is 10.1. The molecule has 0 aliphatic heterocycles. The van der Waals surface area contributed by atoms with Gasteiger partial charge in [0.1, 0.15) is 0 Å². The van der Waals surface area contributed by atoms with E-state index in [1.54, 1.807) is 7.11 Å². The molecule has 94 valence electrons. The third-order valence-electron chi connectivity index (χ3n) is 2.52. The van der Waals surface area contributed by atoms with Crippen molar-refractivity contribution >= 4 is 21.8 Å². The van der Waals surface area contributed by atoms with Crippen molar-refractivity contribution < 1.29 is 9.53 Å². The van der Waals surface area contributed by atoms with Crippen molar-refractivity contribution in [1.29, 1.82) is 0 Å². The second-order valence-corrected chi connectivity index (χ2v) is 4.92. The van der Waals surface area contributed by atoms with Gasteiger partial charge in [-0.2, -0.15) is 0 Å². The molecule has 0 atom stereocenters. The van der Waals surface area contributed by atoms with Crippen LogP contribution in [0.4, 0.5) is 0 Å². The van der Waals surface area contributed by atoms with Crippen molar-refractivity contribution in [3.8, 4) is 0 Å². The zero-order chi connectivity index (χ0) is 12.8. The van der Waals surface area contributed by atoms with Gasteiger partial charge in [0.25, 0.3) is 5.91 Å². The van der Waals surface area contributed by atoms with Crippen LogP contribution in [0.25, 0.3) is 0 Å². The number of amides is 1. The third-order valence-corrected chi connectivity index (χ3v) is 3.22. The molecule has 0 saturated carbocycles. The van der Waals surface area contributed by atoms with Gasteiger partial charge in [0, 0.05) is 24.2 Å². The highest BCUT2D eigenvalue weighted by atomic mass is 79.9. The Labute approximate surface area is 111 Å². The summed E-state index contributed by atoms with van der Waals surface area (Å²) in [5, 5.41) is 0. The molecule has 17 heavy (non-hydrogen) atoms. The van der Waals surface area contributed by atoms with E-state index in [0.29, 0.717) is 18.7 Å². The Kier molecular flexibility index (Phi) is 5.65. The van der Waals surface area contributed by atoms with E-state index in [1.165, 1.54) is 0 Å². The second kappa shape index (κ2) is 6.77. The summed E-state index contributed by atoms with van der Waals surface area (Å²) in [5.74, 6) is 0.0320. The van der Waals surface area contributed by atoms with E-state index in [9.17, 15) is 4.79 Å². The first-order valence-electron chi connectivity index (χ1n) is 5.62. The van der Waals surface area contributed by atoms with Crippen molar-refractivity contribution in [3.05, 3.63) is 34.3 Å². The molecule has 0 aromatic heterocycles. The lowest BCUT2D eigenvalue weighted by Gasteiger charge is -2.26. The maximum absolute atomic E-state index is 12.4. The Balaban J connectivity index is 2.88. The molecule has 0 aliphatic carbocycles. The van der Waals surface area contributed by atoms with Crippen molar-refractivity contribution in [2.45, 2.75) is 19.9 Å². The summed E-state index contributed by atoms with van der Waals surface area (Å²) >= 11 is 3.40. The monoisotopic (exact) mass is 299 g/mol. The standard InChI is InChI=1S/C13H18BrNO2/c1-10(2)15(8-9-17-3)13(16)11-6-4-5-7-12(11)14/h4-7,10H,8-9H2,1-3H3. The number of ether oxygens (including phenoxy) is 1. The molecule has 4 heteroatoms. The number of benzene rings is 1. The van der Waals surface area contributed by atoms with Crippen LogP contribution in [0.5, 0.6) is 0 Å². The Morgan fingerprint density at radius 2 is 2.06 bits per heavy atom. The van der Waals surface area contributed by atoms with Crippen LogP contribution in [0.15, 0.2) is 28.7 Å². The van der Waals surface area contributed by atoms with Gasteiger partial charge >= 0.3 is 0 Å². The Bertz CT molecular complexity index is 379. The maximum atomic E-state index is 12.4. The normalized spacial score (nSPS) is 10.6. The fraction of sp³-hybridized carbons (Fsp3) is 0.462. The summed E-state index contributed by atoms with van der Waals surface area (Å²) in [6.45, 7) is 5.16. The van der Waals surface area contributed by atoms with Gasteiger partial charge in [-0.15, -0.1) is 0 Å². The summed E-state index contributed by atoms with van der Waals surface area (Å²) in [6, 6.07) is 7.63. The largest absolute Gasteiger partial charge is 0.383 e. The number of hydrogen-bond acceptors (Lipinski definition) is 2. The summed E-state index contributed by atoms with van der Waals surface area (Å²) < 4.78 is 5.86. The van der Waals surface area contributed by atoms with Crippen LogP contribution in [-0.4, -0.2) is 37.1 Å². The summed E-state index contributed by atoms with van der Waals surface area (Å²) in [4.78, 5) is 14.2. The second-order valence-electron chi connectivity index (χ2n) is 4.06. The summed E-state index contributed by atoms with van der Waals surface area (Å²) in [6.07, 6.45) is 0. The zero-order valence-electron chi connectivity index (χ0n) is 10.4. The van der Waals surface area contributed by atoms with Crippen LogP contribution in [0.1, 0.15) is 24.2 Å².